The molecule has 5 rings (SSSR count). The third-order valence-corrected chi connectivity index (χ3v) is 6.59. The fourth-order valence-electron chi connectivity index (χ4n) is 4.72. The summed E-state index contributed by atoms with van der Waals surface area (Å²) in [4.78, 5) is 13.1. The monoisotopic (exact) mass is 400 g/mol. The minimum absolute atomic E-state index is 0.0903. The molecule has 3 heteroatoms. The highest BCUT2D eigenvalue weighted by molar-refractivity contribution is 5.42. The first-order chi connectivity index (χ1) is 14.7. The molecule has 30 heavy (non-hydrogen) atoms. The van der Waals surface area contributed by atoms with E-state index in [1.807, 2.05) is 48.5 Å². The van der Waals surface area contributed by atoms with Crippen molar-refractivity contribution in [2.45, 2.75) is 50.4 Å². The second kappa shape index (κ2) is 8.14. The molecular formula is C27H28O3. The number of benzene rings is 2. The zero-order valence-corrected chi connectivity index (χ0v) is 17.2. The number of hydrogen-bond donors (Lipinski definition) is 1. The molecule has 0 bridgehead atoms. The Morgan fingerprint density at radius 3 is 2.20 bits per heavy atom. The lowest BCUT2D eigenvalue weighted by Crippen LogP contribution is -2.18. The smallest absolute Gasteiger partial charge is 0.343 e. The molecule has 0 spiro atoms. The molecule has 1 heterocycles. The van der Waals surface area contributed by atoms with Gasteiger partial charge in [-0.25, -0.2) is 4.79 Å². The molecule has 2 aliphatic carbocycles. The molecule has 0 amide bonds. The lowest BCUT2D eigenvalue weighted by atomic mass is 9.86. The molecule has 0 saturated heterocycles. The topological polar surface area (TPSA) is 50.4 Å². The number of hydrogen-bond acceptors (Lipinski definition) is 3. The van der Waals surface area contributed by atoms with Gasteiger partial charge in [0, 0.05) is 17.9 Å². The number of rotatable bonds is 8. The second-order valence-electron chi connectivity index (χ2n) is 9.03. The van der Waals surface area contributed by atoms with Crippen LogP contribution >= 0.6 is 0 Å². The van der Waals surface area contributed by atoms with Crippen molar-refractivity contribution < 1.29 is 9.52 Å². The highest BCUT2D eigenvalue weighted by atomic mass is 16.4. The average molecular weight is 401 g/mol. The van der Waals surface area contributed by atoms with Gasteiger partial charge in [-0.3, -0.25) is 0 Å². The van der Waals surface area contributed by atoms with Gasteiger partial charge in [-0.1, -0.05) is 73.5 Å². The Bertz CT molecular complexity index is 1050. The molecule has 3 nitrogen and oxygen atoms in total. The molecule has 2 fully saturated rings. The van der Waals surface area contributed by atoms with Gasteiger partial charge in [-0.05, 0) is 48.6 Å². The summed E-state index contributed by atoms with van der Waals surface area (Å²) in [7, 11) is 0. The molecule has 2 aliphatic rings. The molecule has 2 atom stereocenters. The van der Waals surface area contributed by atoms with Crippen LogP contribution < -0.4 is 5.63 Å². The maximum absolute atomic E-state index is 13.1. The van der Waals surface area contributed by atoms with E-state index in [4.69, 9.17) is 4.42 Å². The van der Waals surface area contributed by atoms with Crippen LogP contribution in [0.15, 0.2) is 75.9 Å². The summed E-state index contributed by atoms with van der Waals surface area (Å²) in [6.07, 6.45) is 6.48. The van der Waals surface area contributed by atoms with Crippen molar-refractivity contribution in [1.82, 2.24) is 0 Å². The van der Waals surface area contributed by atoms with E-state index in [2.05, 4.69) is 12.1 Å². The zero-order valence-electron chi connectivity index (χ0n) is 17.2. The van der Waals surface area contributed by atoms with Crippen LogP contribution in [0.1, 0.15) is 66.4 Å². The van der Waals surface area contributed by atoms with Gasteiger partial charge >= 0.3 is 5.63 Å². The van der Waals surface area contributed by atoms with Crippen molar-refractivity contribution in [1.29, 1.82) is 0 Å². The van der Waals surface area contributed by atoms with Crippen LogP contribution in [0.3, 0.4) is 0 Å². The van der Waals surface area contributed by atoms with E-state index >= 15 is 0 Å². The first-order valence-electron chi connectivity index (χ1n) is 11.1. The molecule has 0 radical (unpaired) electrons. The van der Waals surface area contributed by atoms with Crippen molar-refractivity contribution in [3.63, 3.8) is 0 Å². The molecule has 1 aromatic heterocycles. The van der Waals surface area contributed by atoms with Gasteiger partial charge in [0.1, 0.15) is 11.5 Å². The number of aromatic hydroxyl groups is 1. The summed E-state index contributed by atoms with van der Waals surface area (Å²) in [5.41, 5.74) is 2.36. The van der Waals surface area contributed by atoms with Gasteiger partial charge < -0.3 is 9.52 Å². The Labute approximate surface area is 177 Å². The van der Waals surface area contributed by atoms with Crippen LogP contribution in [0.2, 0.25) is 0 Å². The molecule has 3 aromatic rings. The van der Waals surface area contributed by atoms with Gasteiger partial charge in [-0.2, -0.15) is 0 Å². The van der Waals surface area contributed by atoms with Gasteiger partial charge in [0.25, 0.3) is 0 Å². The SMILES string of the molecule is O=c1oc(C(Cc2ccccc2)CC2CC2)cc(O)c1C(c1ccccc1)C1CC1. The molecule has 2 saturated carbocycles. The third-order valence-electron chi connectivity index (χ3n) is 6.59. The molecule has 1 N–H and O–H groups in total. The van der Waals surface area contributed by atoms with E-state index in [1.165, 1.54) is 18.4 Å². The highest BCUT2D eigenvalue weighted by Crippen LogP contribution is 2.48. The lowest BCUT2D eigenvalue weighted by molar-refractivity contribution is 0.370. The van der Waals surface area contributed by atoms with E-state index in [-0.39, 0.29) is 23.2 Å². The summed E-state index contributed by atoms with van der Waals surface area (Å²) in [6.45, 7) is 0. The Morgan fingerprint density at radius 2 is 1.60 bits per heavy atom. The Balaban J connectivity index is 1.49. The Morgan fingerprint density at radius 1 is 0.933 bits per heavy atom. The van der Waals surface area contributed by atoms with Crippen molar-refractivity contribution >= 4 is 0 Å². The highest BCUT2D eigenvalue weighted by Gasteiger charge is 2.38. The van der Waals surface area contributed by atoms with Gasteiger partial charge in [-0.15, -0.1) is 0 Å². The van der Waals surface area contributed by atoms with Crippen molar-refractivity contribution in [2.24, 2.45) is 11.8 Å². The predicted octanol–water partition coefficient (Wildman–Crippen LogP) is 6.01. The Kier molecular flexibility index (Phi) is 5.20. The van der Waals surface area contributed by atoms with E-state index in [1.54, 1.807) is 6.07 Å². The van der Waals surface area contributed by atoms with Crippen molar-refractivity contribution in [2.75, 3.05) is 0 Å². The third kappa shape index (κ3) is 4.21. The summed E-state index contributed by atoms with van der Waals surface area (Å²) < 4.78 is 5.92. The van der Waals surface area contributed by atoms with Gasteiger partial charge in [0.05, 0.1) is 5.56 Å². The minimum atomic E-state index is -0.375. The van der Waals surface area contributed by atoms with Crippen LogP contribution in [-0.4, -0.2) is 5.11 Å². The van der Waals surface area contributed by atoms with Crippen LogP contribution in [-0.2, 0) is 6.42 Å². The first kappa shape index (κ1) is 19.2. The van der Waals surface area contributed by atoms with E-state index in [9.17, 15) is 9.90 Å². The Hall–Kier alpha value is -2.81. The van der Waals surface area contributed by atoms with Gasteiger partial charge in [0.2, 0.25) is 0 Å². The summed E-state index contributed by atoms with van der Waals surface area (Å²) in [6, 6.07) is 22.1. The van der Waals surface area contributed by atoms with Crippen LogP contribution in [0.25, 0.3) is 0 Å². The van der Waals surface area contributed by atoms with Crippen LogP contribution in [0.4, 0.5) is 0 Å². The summed E-state index contributed by atoms with van der Waals surface area (Å²) in [5, 5.41) is 11.0. The summed E-state index contributed by atoms with van der Waals surface area (Å²) >= 11 is 0. The minimum Gasteiger partial charge on any atom is -0.507 e. The largest absolute Gasteiger partial charge is 0.507 e. The standard InChI is InChI=1S/C27H28O3/c28-23-17-24(22(16-19-11-12-19)15-18-7-3-1-4-8-18)30-27(29)26(23)25(21-13-14-21)20-9-5-2-6-10-20/h1-10,17,19,21-22,25,28H,11-16H2. The van der Waals surface area contributed by atoms with Crippen LogP contribution in [0.5, 0.6) is 5.75 Å². The lowest BCUT2D eigenvalue weighted by Gasteiger charge is -2.20. The van der Waals surface area contributed by atoms with E-state index < -0.39 is 0 Å². The van der Waals surface area contributed by atoms with E-state index in [0.29, 0.717) is 23.2 Å². The molecule has 0 aliphatic heterocycles. The maximum atomic E-state index is 13.1. The maximum Gasteiger partial charge on any atom is 0.343 e. The van der Waals surface area contributed by atoms with Crippen LogP contribution in [0, 0.1) is 11.8 Å². The molecule has 154 valence electrons. The molecular weight excluding hydrogens is 372 g/mol. The molecule has 2 unspecified atom stereocenters. The average Bonchev–Trinajstić information content (AvgIpc) is 3.67. The fraction of sp³-hybridized carbons (Fsp3) is 0.370. The van der Waals surface area contributed by atoms with Gasteiger partial charge in [0.15, 0.2) is 0 Å². The summed E-state index contributed by atoms with van der Waals surface area (Å²) in [5.74, 6) is 1.85. The van der Waals surface area contributed by atoms with E-state index in [0.717, 1.165) is 31.2 Å². The predicted molar refractivity (Wildman–Crippen MR) is 118 cm³/mol. The fourth-order valence-corrected chi connectivity index (χ4v) is 4.72. The normalized spacial score (nSPS) is 18.1. The van der Waals surface area contributed by atoms with Crippen molar-refractivity contribution in [3.05, 3.63) is 99.6 Å². The molecule has 2 aromatic carbocycles. The first-order valence-corrected chi connectivity index (χ1v) is 11.1. The zero-order chi connectivity index (χ0) is 20.5. The quantitative estimate of drug-likeness (QED) is 0.503. The second-order valence-corrected chi connectivity index (χ2v) is 9.03. The van der Waals surface area contributed by atoms with Crippen molar-refractivity contribution in [3.8, 4) is 5.75 Å².